The summed E-state index contributed by atoms with van der Waals surface area (Å²) < 4.78 is 20.8. The van der Waals surface area contributed by atoms with Crippen LogP contribution in [-0.2, 0) is 6.54 Å². The van der Waals surface area contributed by atoms with Gasteiger partial charge in [0.25, 0.3) is 5.56 Å². The molecule has 1 N–H and O–H groups in total. The molecular weight excluding hydrogens is 323 g/mol. The number of ether oxygens (including phenoxy) is 1. The van der Waals surface area contributed by atoms with Crippen molar-refractivity contribution in [1.29, 1.82) is 0 Å². The minimum atomic E-state index is -0.883. The summed E-state index contributed by atoms with van der Waals surface area (Å²) in [5.41, 5.74) is 0.102. The first-order chi connectivity index (χ1) is 11.0. The standard InChI is InChI=1S/C16H12ClFN2O3/c1-23-16-12-10(21)7-11(22)20(8-9-5-3-2-4-6-9)14(12)13(18)15(17)19-16/h2-7,21H,8H2,1H3. The molecule has 0 amide bonds. The molecule has 7 heteroatoms. The first-order valence-corrected chi connectivity index (χ1v) is 7.10. The maximum Gasteiger partial charge on any atom is 0.255 e. The number of benzene rings is 1. The molecule has 0 radical (unpaired) electrons. The van der Waals surface area contributed by atoms with Gasteiger partial charge in [-0.25, -0.2) is 4.39 Å². The van der Waals surface area contributed by atoms with Crippen LogP contribution >= 0.6 is 11.6 Å². The molecule has 0 saturated carbocycles. The molecule has 0 spiro atoms. The second-order valence-corrected chi connectivity index (χ2v) is 5.25. The average molecular weight is 335 g/mol. The van der Waals surface area contributed by atoms with Gasteiger partial charge in [0.05, 0.1) is 19.2 Å². The summed E-state index contributed by atoms with van der Waals surface area (Å²) in [6.07, 6.45) is 0. The van der Waals surface area contributed by atoms with Crippen molar-refractivity contribution in [3.63, 3.8) is 0 Å². The van der Waals surface area contributed by atoms with Gasteiger partial charge in [0.15, 0.2) is 11.0 Å². The Morgan fingerprint density at radius 2 is 2.04 bits per heavy atom. The van der Waals surface area contributed by atoms with E-state index in [0.717, 1.165) is 11.6 Å². The van der Waals surface area contributed by atoms with E-state index in [-0.39, 0.29) is 23.3 Å². The van der Waals surface area contributed by atoms with Gasteiger partial charge >= 0.3 is 0 Å². The number of fused-ring (bicyclic) bond motifs is 1. The number of hydrogen-bond acceptors (Lipinski definition) is 4. The second-order valence-electron chi connectivity index (χ2n) is 4.89. The fourth-order valence-corrected chi connectivity index (χ4v) is 2.60. The van der Waals surface area contributed by atoms with Gasteiger partial charge in [0, 0.05) is 6.07 Å². The number of aromatic nitrogens is 2. The number of hydrogen-bond donors (Lipinski definition) is 1. The highest BCUT2D eigenvalue weighted by atomic mass is 35.5. The first kappa shape index (κ1) is 15.3. The quantitative estimate of drug-likeness (QED) is 0.748. The van der Waals surface area contributed by atoms with Gasteiger partial charge in [0.2, 0.25) is 5.88 Å². The Bertz CT molecular complexity index is 942. The Morgan fingerprint density at radius 3 is 2.70 bits per heavy atom. The van der Waals surface area contributed by atoms with Gasteiger partial charge in [-0.05, 0) is 5.56 Å². The summed E-state index contributed by atoms with van der Waals surface area (Å²) >= 11 is 5.79. The Morgan fingerprint density at radius 1 is 1.35 bits per heavy atom. The van der Waals surface area contributed by atoms with Crippen LogP contribution < -0.4 is 10.3 Å². The Balaban J connectivity index is 2.37. The molecule has 5 nitrogen and oxygen atoms in total. The number of nitrogens with zero attached hydrogens (tertiary/aromatic N) is 2. The zero-order chi connectivity index (χ0) is 16.6. The van der Waals surface area contributed by atoms with E-state index < -0.39 is 22.3 Å². The molecular formula is C16H12ClFN2O3. The van der Waals surface area contributed by atoms with Crippen LogP contribution in [0.3, 0.4) is 0 Å². The normalized spacial score (nSPS) is 10.9. The van der Waals surface area contributed by atoms with Gasteiger partial charge in [-0.2, -0.15) is 4.98 Å². The molecule has 0 aliphatic heterocycles. The van der Waals surface area contributed by atoms with Crippen molar-refractivity contribution in [1.82, 2.24) is 9.55 Å². The van der Waals surface area contributed by atoms with Gasteiger partial charge in [-0.3, -0.25) is 4.79 Å². The van der Waals surface area contributed by atoms with Crippen LogP contribution in [0, 0.1) is 5.82 Å². The summed E-state index contributed by atoms with van der Waals surface area (Å²) in [6, 6.07) is 10.1. The van der Waals surface area contributed by atoms with Crippen molar-refractivity contribution >= 4 is 22.5 Å². The SMILES string of the molecule is COc1nc(Cl)c(F)c2c1c(O)cc(=O)n2Cc1ccccc1. The van der Waals surface area contributed by atoms with Crippen LogP contribution in [0.15, 0.2) is 41.2 Å². The number of halogens is 2. The molecule has 2 aromatic heterocycles. The summed E-state index contributed by atoms with van der Waals surface area (Å²) in [6.45, 7) is 0.122. The van der Waals surface area contributed by atoms with Crippen molar-refractivity contribution in [2.75, 3.05) is 7.11 Å². The predicted molar refractivity (Wildman–Crippen MR) is 84.7 cm³/mol. The lowest BCUT2D eigenvalue weighted by Gasteiger charge is -2.14. The molecule has 0 atom stereocenters. The number of methoxy groups -OCH3 is 1. The zero-order valence-corrected chi connectivity index (χ0v) is 12.8. The third-order valence-corrected chi connectivity index (χ3v) is 3.72. The number of aromatic hydroxyl groups is 1. The van der Waals surface area contributed by atoms with Gasteiger partial charge < -0.3 is 14.4 Å². The summed E-state index contributed by atoms with van der Waals surface area (Å²) in [7, 11) is 1.32. The highest BCUT2D eigenvalue weighted by molar-refractivity contribution is 6.30. The summed E-state index contributed by atoms with van der Waals surface area (Å²) in [5, 5.41) is 9.60. The Kier molecular flexibility index (Phi) is 3.92. The van der Waals surface area contributed by atoms with Crippen molar-refractivity contribution < 1.29 is 14.2 Å². The Labute approximate surface area is 135 Å². The monoisotopic (exact) mass is 334 g/mol. The van der Waals surface area contributed by atoms with Crippen LogP contribution in [0.2, 0.25) is 5.15 Å². The minimum absolute atomic E-state index is 0.00457. The molecule has 2 heterocycles. The molecule has 3 rings (SSSR count). The van der Waals surface area contributed by atoms with Crippen LogP contribution in [0.5, 0.6) is 11.6 Å². The van der Waals surface area contributed by atoms with Gasteiger partial charge in [0.1, 0.15) is 11.1 Å². The third kappa shape index (κ3) is 2.61. The molecule has 0 aliphatic rings. The van der Waals surface area contributed by atoms with Crippen molar-refractivity contribution in [2.24, 2.45) is 0 Å². The highest BCUT2D eigenvalue weighted by Crippen LogP contribution is 2.34. The largest absolute Gasteiger partial charge is 0.507 e. The van der Waals surface area contributed by atoms with Crippen molar-refractivity contribution in [3.05, 3.63) is 63.3 Å². The van der Waals surface area contributed by atoms with Crippen molar-refractivity contribution in [2.45, 2.75) is 6.54 Å². The maximum absolute atomic E-state index is 14.5. The third-order valence-electron chi connectivity index (χ3n) is 3.47. The maximum atomic E-state index is 14.5. The number of pyridine rings is 2. The molecule has 1 aromatic carbocycles. The lowest BCUT2D eigenvalue weighted by molar-refractivity contribution is 0.398. The summed E-state index contributed by atoms with van der Waals surface area (Å²) in [4.78, 5) is 16.0. The lowest BCUT2D eigenvalue weighted by atomic mass is 10.2. The van der Waals surface area contributed by atoms with Gasteiger partial charge in [-0.15, -0.1) is 0 Å². The van der Waals surface area contributed by atoms with E-state index in [2.05, 4.69) is 4.98 Å². The van der Waals surface area contributed by atoms with Crippen LogP contribution in [0.25, 0.3) is 10.9 Å². The molecule has 0 aliphatic carbocycles. The fourth-order valence-electron chi connectivity index (χ4n) is 2.44. The molecule has 23 heavy (non-hydrogen) atoms. The molecule has 3 aromatic rings. The minimum Gasteiger partial charge on any atom is -0.507 e. The number of rotatable bonds is 3. The van der Waals surface area contributed by atoms with E-state index in [1.165, 1.54) is 11.7 Å². The van der Waals surface area contributed by atoms with E-state index in [9.17, 15) is 14.3 Å². The fraction of sp³-hybridized carbons (Fsp3) is 0.125. The van der Waals surface area contributed by atoms with Crippen LogP contribution in [0.1, 0.15) is 5.56 Å². The molecule has 0 saturated heterocycles. The smallest absolute Gasteiger partial charge is 0.255 e. The molecule has 118 valence electrons. The Hall–Kier alpha value is -2.60. The van der Waals surface area contributed by atoms with E-state index in [1.807, 2.05) is 30.3 Å². The van der Waals surface area contributed by atoms with Crippen LogP contribution in [-0.4, -0.2) is 21.8 Å². The lowest BCUT2D eigenvalue weighted by Crippen LogP contribution is -2.21. The topological polar surface area (TPSA) is 64.3 Å². The first-order valence-electron chi connectivity index (χ1n) is 6.72. The highest BCUT2D eigenvalue weighted by Gasteiger charge is 2.21. The molecule has 0 unspecified atom stereocenters. The zero-order valence-electron chi connectivity index (χ0n) is 12.1. The van der Waals surface area contributed by atoms with E-state index >= 15 is 0 Å². The van der Waals surface area contributed by atoms with E-state index in [0.29, 0.717) is 0 Å². The van der Waals surface area contributed by atoms with Gasteiger partial charge in [-0.1, -0.05) is 41.9 Å². The second kappa shape index (κ2) is 5.89. The van der Waals surface area contributed by atoms with E-state index in [1.54, 1.807) is 0 Å². The van der Waals surface area contributed by atoms with Crippen LogP contribution in [0.4, 0.5) is 4.39 Å². The average Bonchev–Trinajstić information content (AvgIpc) is 2.54. The van der Waals surface area contributed by atoms with E-state index in [4.69, 9.17) is 16.3 Å². The molecule has 0 bridgehead atoms. The van der Waals surface area contributed by atoms with Crippen molar-refractivity contribution in [3.8, 4) is 11.6 Å². The molecule has 0 fully saturated rings. The predicted octanol–water partition coefficient (Wildman–Crippen LogP) is 2.95. The summed E-state index contributed by atoms with van der Waals surface area (Å²) in [5.74, 6) is -1.34.